The van der Waals surface area contributed by atoms with Crippen LogP contribution in [0.15, 0.2) is 24.3 Å². The Kier molecular flexibility index (Phi) is 5.10. The molecule has 1 saturated carbocycles. The van der Waals surface area contributed by atoms with Crippen molar-refractivity contribution in [3.8, 4) is 5.75 Å². The van der Waals surface area contributed by atoms with Crippen molar-refractivity contribution in [1.82, 2.24) is 5.32 Å². The molecule has 106 valence electrons. The number of methoxy groups -OCH3 is 1. The van der Waals surface area contributed by atoms with E-state index in [2.05, 4.69) is 10.1 Å². The minimum atomic E-state index is -2.79. The standard InChI is InChI=1S/C14H19F2NO2/c1-18-12-7-6-11(8-12)17-9-10-4-2-3-5-13(10)19-14(15)16/h2-5,11-12,14,17H,6-9H2,1H3. The molecule has 2 unspecified atom stereocenters. The monoisotopic (exact) mass is 271 g/mol. The summed E-state index contributed by atoms with van der Waals surface area (Å²) >= 11 is 0. The zero-order chi connectivity index (χ0) is 13.7. The van der Waals surface area contributed by atoms with Gasteiger partial charge in [-0.15, -0.1) is 0 Å². The number of ether oxygens (including phenoxy) is 2. The Balaban J connectivity index is 1.89. The van der Waals surface area contributed by atoms with Crippen LogP contribution in [0.5, 0.6) is 5.75 Å². The molecule has 0 spiro atoms. The van der Waals surface area contributed by atoms with E-state index < -0.39 is 6.61 Å². The number of nitrogens with one attached hydrogen (secondary N) is 1. The van der Waals surface area contributed by atoms with Gasteiger partial charge < -0.3 is 14.8 Å². The summed E-state index contributed by atoms with van der Waals surface area (Å²) in [5.74, 6) is 0.242. The molecule has 0 bridgehead atoms. The van der Waals surface area contributed by atoms with Crippen molar-refractivity contribution in [3.63, 3.8) is 0 Å². The summed E-state index contributed by atoms with van der Waals surface area (Å²) < 4.78 is 34.4. The largest absolute Gasteiger partial charge is 0.434 e. The SMILES string of the molecule is COC1CCC(NCc2ccccc2OC(F)F)C1. The first-order valence-corrected chi connectivity index (χ1v) is 6.48. The fraction of sp³-hybridized carbons (Fsp3) is 0.571. The van der Waals surface area contributed by atoms with E-state index in [-0.39, 0.29) is 5.75 Å². The summed E-state index contributed by atoms with van der Waals surface area (Å²) in [6.45, 7) is -2.25. The van der Waals surface area contributed by atoms with E-state index in [1.54, 1.807) is 25.3 Å². The maximum Gasteiger partial charge on any atom is 0.387 e. The van der Waals surface area contributed by atoms with E-state index in [4.69, 9.17) is 4.74 Å². The molecular formula is C14H19F2NO2. The van der Waals surface area contributed by atoms with Gasteiger partial charge in [-0.05, 0) is 25.3 Å². The Labute approximate surface area is 111 Å². The first-order chi connectivity index (χ1) is 9.19. The summed E-state index contributed by atoms with van der Waals surface area (Å²) in [6.07, 6.45) is 3.37. The molecule has 2 rings (SSSR count). The van der Waals surface area contributed by atoms with Gasteiger partial charge in [-0.25, -0.2) is 0 Å². The smallest absolute Gasteiger partial charge is 0.387 e. The number of hydrogen-bond donors (Lipinski definition) is 1. The molecule has 0 amide bonds. The van der Waals surface area contributed by atoms with Crippen LogP contribution in [0.25, 0.3) is 0 Å². The molecule has 5 heteroatoms. The first-order valence-electron chi connectivity index (χ1n) is 6.48. The van der Waals surface area contributed by atoms with Crippen LogP contribution in [0.3, 0.4) is 0 Å². The van der Waals surface area contributed by atoms with Gasteiger partial charge >= 0.3 is 6.61 Å². The zero-order valence-electron chi connectivity index (χ0n) is 10.9. The number of rotatable bonds is 6. The van der Waals surface area contributed by atoms with Crippen LogP contribution in [0, 0.1) is 0 Å². The van der Waals surface area contributed by atoms with Gasteiger partial charge in [-0.3, -0.25) is 0 Å². The zero-order valence-corrected chi connectivity index (χ0v) is 10.9. The summed E-state index contributed by atoms with van der Waals surface area (Å²) in [5, 5.41) is 3.37. The Hall–Kier alpha value is -1.20. The Morgan fingerprint density at radius 2 is 2.11 bits per heavy atom. The lowest BCUT2D eigenvalue weighted by Gasteiger charge is -2.15. The maximum absolute atomic E-state index is 12.3. The number of para-hydroxylation sites is 1. The molecule has 1 aliphatic rings. The van der Waals surface area contributed by atoms with Crippen molar-refractivity contribution in [2.45, 2.75) is 44.6 Å². The minimum absolute atomic E-state index is 0.242. The molecule has 0 saturated heterocycles. The summed E-state index contributed by atoms with van der Waals surface area (Å²) in [6, 6.07) is 7.26. The molecule has 1 aromatic carbocycles. The van der Waals surface area contributed by atoms with Crippen molar-refractivity contribution in [2.75, 3.05) is 7.11 Å². The molecule has 1 fully saturated rings. The molecule has 1 aromatic rings. The van der Waals surface area contributed by atoms with Crippen molar-refractivity contribution in [2.24, 2.45) is 0 Å². The average molecular weight is 271 g/mol. The van der Waals surface area contributed by atoms with E-state index in [0.29, 0.717) is 18.7 Å². The van der Waals surface area contributed by atoms with Gasteiger partial charge in [0.1, 0.15) is 5.75 Å². The summed E-state index contributed by atoms with van der Waals surface area (Å²) in [4.78, 5) is 0. The fourth-order valence-electron chi connectivity index (χ4n) is 2.45. The van der Waals surface area contributed by atoms with Gasteiger partial charge in [0.05, 0.1) is 6.10 Å². The third-order valence-corrected chi connectivity index (χ3v) is 3.49. The van der Waals surface area contributed by atoms with Gasteiger partial charge in [0.25, 0.3) is 0 Å². The predicted molar refractivity (Wildman–Crippen MR) is 68.3 cm³/mol. The van der Waals surface area contributed by atoms with Crippen molar-refractivity contribution in [1.29, 1.82) is 0 Å². The van der Waals surface area contributed by atoms with Gasteiger partial charge in [-0.1, -0.05) is 18.2 Å². The molecule has 1 N–H and O–H groups in total. The van der Waals surface area contributed by atoms with Crippen molar-refractivity contribution >= 4 is 0 Å². The Morgan fingerprint density at radius 1 is 1.32 bits per heavy atom. The van der Waals surface area contributed by atoms with Crippen LogP contribution in [0.2, 0.25) is 0 Å². The summed E-state index contributed by atoms with van der Waals surface area (Å²) in [5.41, 5.74) is 0.753. The van der Waals surface area contributed by atoms with Crippen LogP contribution in [0.4, 0.5) is 8.78 Å². The highest BCUT2D eigenvalue weighted by Gasteiger charge is 2.24. The molecule has 0 aromatic heterocycles. The van der Waals surface area contributed by atoms with Crippen molar-refractivity contribution in [3.05, 3.63) is 29.8 Å². The highest BCUT2D eigenvalue weighted by atomic mass is 19.3. The van der Waals surface area contributed by atoms with E-state index in [0.717, 1.165) is 24.8 Å². The lowest BCUT2D eigenvalue weighted by Crippen LogP contribution is -2.27. The van der Waals surface area contributed by atoms with Gasteiger partial charge in [-0.2, -0.15) is 8.78 Å². The molecule has 0 aliphatic heterocycles. The van der Waals surface area contributed by atoms with E-state index >= 15 is 0 Å². The van der Waals surface area contributed by atoms with Crippen LogP contribution in [-0.4, -0.2) is 25.9 Å². The molecule has 0 radical (unpaired) electrons. The lowest BCUT2D eigenvalue weighted by molar-refractivity contribution is -0.0505. The fourth-order valence-corrected chi connectivity index (χ4v) is 2.45. The second kappa shape index (κ2) is 6.82. The number of halogens is 2. The third-order valence-electron chi connectivity index (χ3n) is 3.49. The number of alkyl halides is 2. The second-order valence-electron chi connectivity index (χ2n) is 4.73. The van der Waals surface area contributed by atoms with Gasteiger partial charge in [0.2, 0.25) is 0 Å². The number of hydrogen-bond acceptors (Lipinski definition) is 3. The Bertz CT molecular complexity index is 401. The second-order valence-corrected chi connectivity index (χ2v) is 4.73. The van der Waals surface area contributed by atoms with E-state index in [9.17, 15) is 8.78 Å². The minimum Gasteiger partial charge on any atom is -0.434 e. The molecule has 0 heterocycles. The van der Waals surface area contributed by atoms with Crippen LogP contribution < -0.4 is 10.1 Å². The highest BCUT2D eigenvalue weighted by molar-refractivity contribution is 5.33. The molecule has 2 atom stereocenters. The molecule has 3 nitrogen and oxygen atoms in total. The highest BCUT2D eigenvalue weighted by Crippen LogP contribution is 2.24. The maximum atomic E-state index is 12.3. The van der Waals surface area contributed by atoms with Crippen LogP contribution in [-0.2, 0) is 11.3 Å². The molecule has 1 aliphatic carbocycles. The third kappa shape index (κ3) is 4.14. The average Bonchev–Trinajstić information content (AvgIpc) is 2.85. The molecule has 19 heavy (non-hydrogen) atoms. The van der Waals surface area contributed by atoms with Gasteiger partial charge in [0.15, 0.2) is 0 Å². The van der Waals surface area contributed by atoms with E-state index in [1.807, 2.05) is 6.07 Å². The van der Waals surface area contributed by atoms with Crippen LogP contribution in [0.1, 0.15) is 24.8 Å². The lowest BCUT2D eigenvalue weighted by atomic mass is 10.1. The topological polar surface area (TPSA) is 30.5 Å². The quantitative estimate of drug-likeness (QED) is 0.863. The summed E-state index contributed by atoms with van der Waals surface area (Å²) in [7, 11) is 1.72. The van der Waals surface area contributed by atoms with Crippen LogP contribution >= 0.6 is 0 Å². The Morgan fingerprint density at radius 3 is 2.79 bits per heavy atom. The predicted octanol–water partition coefficient (Wildman–Crippen LogP) is 2.95. The van der Waals surface area contributed by atoms with Crippen molar-refractivity contribution < 1.29 is 18.3 Å². The number of benzene rings is 1. The van der Waals surface area contributed by atoms with E-state index in [1.165, 1.54) is 0 Å². The normalized spacial score (nSPS) is 22.9. The molecular weight excluding hydrogens is 252 g/mol. The van der Waals surface area contributed by atoms with Gasteiger partial charge in [0, 0.05) is 25.3 Å². The first kappa shape index (κ1) is 14.2.